The Hall–Kier alpha value is -1.21. The number of H-pyrrole nitrogens is 2. The van der Waals surface area contributed by atoms with E-state index in [1.807, 2.05) is 9.97 Å². The summed E-state index contributed by atoms with van der Waals surface area (Å²) in [5, 5.41) is -0.307. The zero-order chi connectivity index (χ0) is 8.43. The van der Waals surface area contributed by atoms with Crippen molar-refractivity contribution >= 4 is 11.1 Å². The van der Waals surface area contributed by atoms with Crippen molar-refractivity contribution in [3.8, 4) is 0 Å². The van der Waals surface area contributed by atoms with E-state index in [0.717, 1.165) is 6.07 Å². The van der Waals surface area contributed by atoms with Crippen LogP contribution in [0.15, 0.2) is 20.7 Å². The Kier molecular flexibility index (Phi) is 2.01. The van der Waals surface area contributed by atoms with E-state index in [0.29, 0.717) is 0 Å². The van der Waals surface area contributed by atoms with Crippen LogP contribution in [0.3, 0.4) is 0 Å². The Labute approximate surface area is 62.6 Å². The number of nitrogens with one attached hydrogen (secondary N) is 2. The molecule has 1 aromatic heterocycles. The van der Waals surface area contributed by atoms with Crippen molar-refractivity contribution in [1.29, 1.82) is 0 Å². The minimum atomic E-state index is -2.33. The summed E-state index contributed by atoms with van der Waals surface area (Å²) in [6.45, 7) is 0. The molecule has 0 saturated carbocycles. The maximum atomic E-state index is 10.5. The zero-order valence-electron chi connectivity index (χ0n) is 5.16. The number of rotatable bonds is 1. The maximum Gasteiger partial charge on any atom is 0.326 e. The van der Waals surface area contributed by atoms with E-state index < -0.39 is 22.3 Å². The van der Waals surface area contributed by atoms with Gasteiger partial charge < -0.3 is 4.55 Å². The van der Waals surface area contributed by atoms with Crippen molar-refractivity contribution in [3.63, 3.8) is 0 Å². The average Bonchev–Trinajstić information content (AvgIpc) is 1.85. The minimum absolute atomic E-state index is 0.307. The number of hydrogen-bond donors (Lipinski definition) is 3. The monoisotopic (exact) mass is 176 g/mol. The highest BCUT2D eigenvalue weighted by atomic mass is 32.2. The molecule has 0 saturated heterocycles. The Morgan fingerprint density at radius 3 is 2.45 bits per heavy atom. The Bertz CT molecular complexity index is 363. The van der Waals surface area contributed by atoms with Crippen LogP contribution in [-0.2, 0) is 11.1 Å². The van der Waals surface area contributed by atoms with E-state index in [9.17, 15) is 13.8 Å². The summed E-state index contributed by atoms with van der Waals surface area (Å²) in [7, 11) is 0. The molecule has 1 aromatic rings. The third kappa shape index (κ3) is 1.85. The van der Waals surface area contributed by atoms with E-state index in [1.54, 1.807) is 0 Å². The fourth-order valence-electron chi connectivity index (χ4n) is 0.540. The van der Waals surface area contributed by atoms with Crippen molar-refractivity contribution in [2.75, 3.05) is 0 Å². The van der Waals surface area contributed by atoms with Crippen LogP contribution in [0.1, 0.15) is 0 Å². The second kappa shape index (κ2) is 2.81. The average molecular weight is 176 g/mol. The number of hydrogen-bond acceptors (Lipinski definition) is 3. The van der Waals surface area contributed by atoms with E-state index >= 15 is 0 Å². The molecule has 0 aliphatic carbocycles. The van der Waals surface area contributed by atoms with Gasteiger partial charge in [0, 0.05) is 6.07 Å². The Balaban J connectivity index is 3.42. The van der Waals surface area contributed by atoms with Crippen molar-refractivity contribution in [1.82, 2.24) is 9.97 Å². The van der Waals surface area contributed by atoms with Gasteiger partial charge in [0.25, 0.3) is 5.56 Å². The molecule has 60 valence electrons. The molecule has 11 heavy (non-hydrogen) atoms. The topological polar surface area (TPSA) is 103 Å². The molecule has 6 nitrogen and oxygen atoms in total. The van der Waals surface area contributed by atoms with Gasteiger partial charge in [0.1, 0.15) is 5.03 Å². The van der Waals surface area contributed by atoms with Gasteiger partial charge in [-0.25, -0.2) is 9.00 Å². The van der Waals surface area contributed by atoms with Gasteiger partial charge in [0.2, 0.25) is 11.1 Å². The molecule has 0 bridgehead atoms. The lowest BCUT2D eigenvalue weighted by Gasteiger charge is -1.90. The molecule has 3 N–H and O–H groups in total. The summed E-state index contributed by atoms with van der Waals surface area (Å²) in [5.74, 6) is 0. The maximum absolute atomic E-state index is 10.5. The van der Waals surface area contributed by atoms with E-state index in [4.69, 9.17) is 4.55 Å². The van der Waals surface area contributed by atoms with Crippen LogP contribution in [0.2, 0.25) is 0 Å². The lowest BCUT2D eigenvalue weighted by Crippen LogP contribution is -2.23. The Morgan fingerprint density at radius 2 is 2.00 bits per heavy atom. The highest BCUT2D eigenvalue weighted by Gasteiger charge is 2.00. The van der Waals surface area contributed by atoms with Crippen LogP contribution in [0.4, 0.5) is 0 Å². The molecule has 0 aromatic carbocycles. The molecule has 7 heteroatoms. The molecule has 0 radical (unpaired) electrons. The molecule has 0 aliphatic rings. The number of aromatic nitrogens is 2. The van der Waals surface area contributed by atoms with Gasteiger partial charge in [-0.2, -0.15) is 0 Å². The molecule has 1 rings (SSSR count). The molecule has 0 fully saturated rings. The number of aromatic amines is 2. The lowest BCUT2D eigenvalue weighted by molar-refractivity contribution is 0.559. The van der Waals surface area contributed by atoms with E-state index in [1.165, 1.54) is 0 Å². The highest BCUT2D eigenvalue weighted by Crippen LogP contribution is 1.88. The van der Waals surface area contributed by atoms with E-state index in [2.05, 4.69) is 0 Å². The summed E-state index contributed by atoms with van der Waals surface area (Å²) in [4.78, 5) is 24.8. The van der Waals surface area contributed by atoms with Crippen molar-refractivity contribution < 1.29 is 8.76 Å². The van der Waals surface area contributed by atoms with Crippen LogP contribution >= 0.6 is 0 Å². The van der Waals surface area contributed by atoms with Crippen molar-refractivity contribution in [2.24, 2.45) is 0 Å². The van der Waals surface area contributed by atoms with Crippen LogP contribution in [0.25, 0.3) is 0 Å². The second-order valence-corrected chi connectivity index (χ2v) is 2.64. The van der Waals surface area contributed by atoms with Gasteiger partial charge in [-0.3, -0.25) is 14.8 Å². The third-order valence-corrected chi connectivity index (χ3v) is 1.52. The Morgan fingerprint density at radius 1 is 1.36 bits per heavy atom. The summed E-state index contributed by atoms with van der Waals surface area (Å²) < 4.78 is 18.7. The molecule has 0 amide bonds. The predicted molar refractivity (Wildman–Crippen MR) is 36.7 cm³/mol. The first-order valence-electron chi connectivity index (χ1n) is 2.54. The zero-order valence-corrected chi connectivity index (χ0v) is 5.97. The van der Waals surface area contributed by atoms with Crippen LogP contribution < -0.4 is 11.2 Å². The van der Waals surface area contributed by atoms with Gasteiger partial charge in [0.05, 0.1) is 0 Å². The molecular weight excluding hydrogens is 172 g/mol. The molecular formula is C4H4N2O4S. The first kappa shape index (κ1) is 7.89. The van der Waals surface area contributed by atoms with Gasteiger partial charge in [0.15, 0.2) is 0 Å². The fourth-order valence-corrected chi connectivity index (χ4v) is 0.928. The van der Waals surface area contributed by atoms with Crippen LogP contribution in [0.5, 0.6) is 0 Å². The molecule has 0 spiro atoms. The van der Waals surface area contributed by atoms with Gasteiger partial charge in [-0.15, -0.1) is 0 Å². The summed E-state index contributed by atoms with van der Waals surface area (Å²) in [6, 6.07) is 0.845. The normalized spacial score (nSPS) is 12.8. The first-order valence-corrected chi connectivity index (χ1v) is 3.65. The molecule has 0 aliphatic heterocycles. The van der Waals surface area contributed by atoms with Gasteiger partial charge in [-0.1, -0.05) is 0 Å². The molecule has 1 heterocycles. The standard InChI is InChI=1S/C4H4N2O4S/c7-2-1-3(11(9)10)6-4(8)5-2/h1H,(H,9,10)(H2,5,6,7,8). The van der Waals surface area contributed by atoms with Crippen LogP contribution in [0, 0.1) is 0 Å². The molecule has 1 atom stereocenters. The summed E-state index contributed by atoms with van der Waals surface area (Å²) in [5.41, 5.74) is -1.50. The van der Waals surface area contributed by atoms with Crippen molar-refractivity contribution in [2.45, 2.75) is 5.03 Å². The summed E-state index contributed by atoms with van der Waals surface area (Å²) in [6.07, 6.45) is 0. The van der Waals surface area contributed by atoms with E-state index in [-0.39, 0.29) is 5.03 Å². The smallest absolute Gasteiger partial charge is 0.301 e. The van der Waals surface area contributed by atoms with Gasteiger partial charge in [-0.05, 0) is 0 Å². The third-order valence-electron chi connectivity index (χ3n) is 0.924. The quantitative estimate of drug-likeness (QED) is 0.363. The van der Waals surface area contributed by atoms with Crippen molar-refractivity contribution in [3.05, 3.63) is 26.9 Å². The predicted octanol–water partition coefficient (Wildman–Crippen LogP) is -1.36. The first-order chi connectivity index (χ1) is 5.09. The lowest BCUT2D eigenvalue weighted by atomic mass is 10.7. The SMILES string of the molecule is O=c1cc(S(=O)O)[nH]c(=O)[nH]1. The second-order valence-electron chi connectivity index (χ2n) is 1.70. The van der Waals surface area contributed by atoms with Gasteiger partial charge >= 0.3 is 5.69 Å². The largest absolute Gasteiger partial charge is 0.326 e. The van der Waals surface area contributed by atoms with Crippen LogP contribution in [-0.4, -0.2) is 18.7 Å². The highest BCUT2D eigenvalue weighted by molar-refractivity contribution is 7.79. The minimum Gasteiger partial charge on any atom is -0.301 e. The summed E-state index contributed by atoms with van der Waals surface area (Å²) >= 11 is -2.33. The molecule has 1 unspecified atom stereocenters. The fraction of sp³-hybridized carbons (Fsp3) is 0.